The lowest BCUT2D eigenvalue weighted by atomic mass is 10.1. The Balaban J connectivity index is 1.14. The van der Waals surface area contributed by atoms with Crippen LogP contribution in [0.3, 0.4) is 0 Å². The summed E-state index contributed by atoms with van der Waals surface area (Å²) in [6, 6.07) is 22.2. The van der Waals surface area contributed by atoms with Gasteiger partial charge in [-0.25, -0.2) is 4.79 Å². The molecule has 31 heavy (non-hydrogen) atoms. The Bertz CT molecular complexity index is 998. The Morgan fingerprint density at radius 1 is 0.935 bits per heavy atom. The van der Waals surface area contributed by atoms with E-state index in [1.54, 1.807) is 7.11 Å². The zero-order chi connectivity index (χ0) is 21.5. The molecule has 0 saturated carbocycles. The highest BCUT2D eigenvalue weighted by Gasteiger charge is 2.16. The summed E-state index contributed by atoms with van der Waals surface area (Å²) in [5, 5.41) is 8.18. The molecule has 0 aromatic heterocycles. The molecule has 0 bridgehead atoms. The number of hydrogen-bond donors (Lipinski definition) is 2. The number of methoxy groups -OCH3 is 1. The highest BCUT2D eigenvalue weighted by molar-refractivity contribution is 5.93. The molecule has 0 aliphatic carbocycles. The third kappa shape index (κ3) is 5.67. The minimum Gasteiger partial charge on any atom is -0.497 e. The third-order valence-corrected chi connectivity index (χ3v) is 5.75. The van der Waals surface area contributed by atoms with Gasteiger partial charge in [-0.2, -0.15) is 0 Å². The van der Waals surface area contributed by atoms with Gasteiger partial charge in [-0.15, -0.1) is 0 Å². The minimum atomic E-state index is -0.153. The number of nitrogens with one attached hydrogen (secondary N) is 2. The van der Waals surface area contributed by atoms with E-state index in [0.717, 1.165) is 56.0 Å². The summed E-state index contributed by atoms with van der Waals surface area (Å²) >= 11 is 0. The largest absolute Gasteiger partial charge is 0.497 e. The number of benzene rings is 3. The fourth-order valence-electron chi connectivity index (χ4n) is 3.97. The average molecular weight is 419 g/mol. The predicted octanol–water partition coefficient (Wildman–Crippen LogP) is 4.18. The van der Waals surface area contributed by atoms with Gasteiger partial charge in [-0.3, -0.25) is 4.90 Å². The van der Waals surface area contributed by atoms with Crippen molar-refractivity contribution in [2.24, 2.45) is 0 Å². The third-order valence-electron chi connectivity index (χ3n) is 5.75. The zero-order valence-electron chi connectivity index (χ0n) is 18.0. The highest BCUT2D eigenvalue weighted by atomic mass is 16.5. The Labute approximate surface area is 183 Å². The van der Waals surface area contributed by atoms with Gasteiger partial charge in [-0.1, -0.05) is 30.3 Å². The highest BCUT2D eigenvalue weighted by Crippen LogP contribution is 2.21. The van der Waals surface area contributed by atoms with E-state index in [1.165, 1.54) is 11.1 Å². The minimum absolute atomic E-state index is 0.153. The normalized spacial score (nSPS) is 14.4. The second-order valence-electron chi connectivity index (χ2n) is 7.82. The van der Waals surface area contributed by atoms with Gasteiger partial charge in [-0.05, 0) is 60.1 Å². The van der Waals surface area contributed by atoms with Crippen molar-refractivity contribution in [3.05, 3.63) is 66.7 Å². The molecule has 1 heterocycles. The fourth-order valence-corrected chi connectivity index (χ4v) is 3.97. The van der Waals surface area contributed by atoms with Crippen molar-refractivity contribution < 1.29 is 9.53 Å². The van der Waals surface area contributed by atoms with Crippen molar-refractivity contribution in [2.75, 3.05) is 56.6 Å². The summed E-state index contributed by atoms with van der Waals surface area (Å²) in [4.78, 5) is 17.1. The molecule has 0 spiro atoms. The van der Waals surface area contributed by atoms with Gasteiger partial charge in [0.05, 0.1) is 7.11 Å². The average Bonchev–Trinajstić information content (AvgIpc) is 2.82. The van der Waals surface area contributed by atoms with Gasteiger partial charge < -0.3 is 20.3 Å². The number of piperazine rings is 1. The van der Waals surface area contributed by atoms with Crippen LogP contribution in [0.15, 0.2) is 66.7 Å². The number of urea groups is 1. The lowest BCUT2D eigenvalue weighted by molar-refractivity contribution is 0.244. The van der Waals surface area contributed by atoms with Crippen molar-refractivity contribution in [2.45, 2.75) is 6.42 Å². The molecule has 1 aliphatic rings. The Kier molecular flexibility index (Phi) is 6.89. The van der Waals surface area contributed by atoms with E-state index >= 15 is 0 Å². The molecule has 0 atom stereocenters. The standard InChI is InChI=1S/C25H30N4O2/c1-31-24-11-9-23(10-12-24)29-17-15-28(16-18-29)14-4-13-26-25(30)27-22-8-7-20-5-2-3-6-21(20)19-22/h2-3,5-12,19H,4,13-18H2,1H3,(H2,26,27,30). The molecule has 162 valence electrons. The smallest absolute Gasteiger partial charge is 0.319 e. The number of amides is 2. The summed E-state index contributed by atoms with van der Waals surface area (Å²) in [5.41, 5.74) is 2.05. The number of hydrogen-bond acceptors (Lipinski definition) is 4. The summed E-state index contributed by atoms with van der Waals surface area (Å²) in [7, 11) is 1.69. The first-order chi connectivity index (χ1) is 15.2. The number of ether oxygens (including phenoxy) is 1. The summed E-state index contributed by atoms with van der Waals surface area (Å²) in [5.74, 6) is 0.888. The van der Waals surface area contributed by atoms with E-state index in [2.05, 4.69) is 38.6 Å². The zero-order valence-corrected chi connectivity index (χ0v) is 18.0. The second-order valence-corrected chi connectivity index (χ2v) is 7.82. The molecule has 2 N–H and O–H groups in total. The van der Waals surface area contributed by atoms with Crippen molar-refractivity contribution in [3.8, 4) is 5.75 Å². The molecule has 3 aromatic rings. The van der Waals surface area contributed by atoms with Crippen LogP contribution in [0.4, 0.5) is 16.2 Å². The molecule has 1 saturated heterocycles. The topological polar surface area (TPSA) is 56.8 Å². The van der Waals surface area contributed by atoms with Crippen LogP contribution in [0.5, 0.6) is 5.75 Å². The van der Waals surface area contributed by atoms with E-state index in [1.807, 2.05) is 48.5 Å². The molecular weight excluding hydrogens is 388 g/mol. The molecule has 3 aromatic carbocycles. The maximum atomic E-state index is 12.2. The van der Waals surface area contributed by atoms with Crippen molar-refractivity contribution >= 4 is 28.2 Å². The number of carbonyl (C=O) groups is 1. The molecule has 6 nitrogen and oxygen atoms in total. The molecular formula is C25H30N4O2. The van der Waals surface area contributed by atoms with Gasteiger partial charge in [0.25, 0.3) is 0 Å². The summed E-state index contributed by atoms with van der Waals surface area (Å²) in [6.07, 6.45) is 0.938. The lowest BCUT2D eigenvalue weighted by Gasteiger charge is -2.36. The molecule has 0 radical (unpaired) electrons. The first-order valence-corrected chi connectivity index (χ1v) is 10.9. The Hall–Kier alpha value is -3.25. The maximum absolute atomic E-state index is 12.2. The van der Waals surface area contributed by atoms with E-state index in [4.69, 9.17) is 4.74 Å². The molecule has 4 rings (SSSR count). The fraction of sp³-hybridized carbons (Fsp3) is 0.320. The number of nitrogens with zero attached hydrogens (tertiary/aromatic N) is 2. The second kappa shape index (κ2) is 10.2. The number of rotatable bonds is 7. The van der Waals surface area contributed by atoms with Crippen molar-refractivity contribution in [1.82, 2.24) is 10.2 Å². The van der Waals surface area contributed by atoms with Crippen LogP contribution < -0.4 is 20.3 Å². The monoisotopic (exact) mass is 418 g/mol. The quantitative estimate of drug-likeness (QED) is 0.565. The van der Waals surface area contributed by atoms with Crippen LogP contribution in [-0.2, 0) is 0 Å². The number of anilines is 2. The predicted molar refractivity (Wildman–Crippen MR) is 127 cm³/mol. The summed E-state index contributed by atoms with van der Waals surface area (Å²) < 4.78 is 5.23. The van der Waals surface area contributed by atoms with Gasteiger partial charge in [0.1, 0.15) is 5.75 Å². The Morgan fingerprint density at radius 3 is 2.42 bits per heavy atom. The van der Waals surface area contributed by atoms with E-state index in [0.29, 0.717) is 6.54 Å². The van der Waals surface area contributed by atoms with Crippen LogP contribution >= 0.6 is 0 Å². The molecule has 6 heteroatoms. The van der Waals surface area contributed by atoms with E-state index in [-0.39, 0.29) is 6.03 Å². The Morgan fingerprint density at radius 2 is 1.68 bits per heavy atom. The first kappa shape index (κ1) is 21.0. The van der Waals surface area contributed by atoms with E-state index < -0.39 is 0 Å². The molecule has 1 aliphatic heterocycles. The van der Waals surface area contributed by atoms with Gasteiger partial charge in [0, 0.05) is 44.1 Å². The molecule has 1 fully saturated rings. The van der Waals surface area contributed by atoms with Crippen LogP contribution in [-0.4, -0.2) is 57.3 Å². The van der Waals surface area contributed by atoms with Crippen LogP contribution in [0.25, 0.3) is 10.8 Å². The van der Waals surface area contributed by atoms with Crippen molar-refractivity contribution in [3.63, 3.8) is 0 Å². The SMILES string of the molecule is COc1ccc(N2CCN(CCCNC(=O)Nc3ccc4ccccc4c3)CC2)cc1. The number of carbonyl (C=O) groups excluding carboxylic acids is 1. The van der Waals surface area contributed by atoms with Gasteiger partial charge >= 0.3 is 6.03 Å². The maximum Gasteiger partial charge on any atom is 0.319 e. The van der Waals surface area contributed by atoms with Gasteiger partial charge in [0.2, 0.25) is 0 Å². The number of fused-ring (bicyclic) bond motifs is 1. The molecule has 2 amide bonds. The lowest BCUT2D eigenvalue weighted by Crippen LogP contribution is -2.47. The molecule has 0 unspecified atom stereocenters. The van der Waals surface area contributed by atoms with Crippen molar-refractivity contribution in [1.29, 1.82) is 0 Å². The first-order valence-electron chi connectivity index (χ1n) is 10.9. The van der Waals surface area contributed by atoms with E-state index in [9.17, 15) is 4.79 Å². The van der Waals surface area contributed by atoms with Crippen LogP contribution in [0, 0.1) is 0 Å². The van der Waals surface area contributed by atoms with Crippen LogP contribution in [0.2, 0.25) is 0 Å². The summed E-state index contributed by atoms with van der Waals surface area (Å²) in [6.45, 7) is 5.76. The van der Waals surface area contributed by atoms with Crippen LogP contribution in [0.1, 0.15) is 6.42 Å². The van der Waals surface area contributed by atoms with Gasteiger partial charge in [0.15, 0.2) is 0 Å².